The van der Waals surface area contributed by atoms with Gasteiger partial charge in [-0.05, 0) is 6.92 Å². The number of nitrogens with zero attached hydrogens (tertiary/aromatic N) is 3. The highest BCUT2D eigenvalue weighted by Gasteiger charge is 2.49. The summed E-state index contributed by atoms with van der Waals surface area (Å²) in [5.74, 6) is 0.133. The average Bonchev–Trinajstić information content (AvgIpc) is 2.99. The van der Waals surface area contributed by atoms with Crippen molar-refractivity contribution < 1.29 is 14.3 Å². The first kappa shape index (κ1) is 15.9. The summed E-state index contributed by atoms with van der Waals surface area (Å²) in [4.78, 5) is 45.3. The molecule has 124 valence electrons. The Kier molecular flexibility index (Phi) is 4.05. The largest absolute Gasteiger partial charge is 0.439 e. The van der Waals surface area contributed by atoms with Gasteiger partial charge in [-0.2, -0.15) is 0 Å². The van der Waals surface area contributed by atoms with E-state index in [1.807, 2.05) is 0 Å². The quantitative estimate of drug-likeness (QED) is 0.626. The summed E-state index contributed by atoms with van der Waals surface area (Å²) >= 11 is 1.20. The zero-order valence-corrected chi connectivity index (χ0v) is 13.8. The molecule has 1 atom stereocenters. The first-order chi connectivity index (χ1) is 10.9. The molecule has 9 heteroatoms. The van der Waals surface area contributed by atoms with Gasteiger partial charge in [-0.1, -0.05) is 11.8 Å². The van der Waals surface area contributed by atoms with Crippen LogP contribution < -0.4 is 5.56 Å². The molecule has 0 saturated carbocycles. The molecule has 3 heterocycles. The third-order valence-corrected chi connectivity index (χ3v) is 4.85. The predicted molar refractivity (Wildman–Crippen MR) is 83.4 cm³/mol. The lowest BCUT2D eigenvalue weighted by Gasteiger charge is -2.21. The number of thioether (sulfide) groups is 1. The van der Waals surface area contributed by atoms with Crippen LogP contribution in [0.1, 0.15) is 12.1 Å². The van der Waals surface area contributed by atoms with Crippen LogP contribution in [0.3, 0.4) is 0 Å². The van der Waals surface area contributed by atoms with Crippen molar-refractivity contribution in [1.82, 2.24) is 19.8 Å². The Labute approximate surface area is 137 Å². The number of hydrogen-bond donors (Lipinski definition) is 1. The van der Waals surface area contributed by atoms with Crippen LogP contribution in [-0.2, 0) is 9.53 Å². The van der Waals surface area contributed by atoms with E-state index in [1.165, 1.54) is 22.7 Å². The van der Waals surface area contributed by atoms with E-state index < -0.39 is 5.60 Å². The van der Waals surface area contributed by atoms with E-state index in [4.69, 9.17) is 4.74 Å². The summed E-state index contributed by atoms with van der Waals surface area (Å²) in [5.41, 5.74) is -0.180. The third-order valence-electron chi connectivity index (χ3n) is 3.99. The topological polar surface area (TPSA) is 95.6 Å². The van der Waals surface area contributed by atoms with Gasteiger partial charge in [-0.15, -0.1) is 0 Å². The Balaban J connectivity index is 1.57. The SMILES string of the molecule is Cc1cc(=O)[nH]c(SCC(=O)N2CCC3(CN(C)C(=O)O3)C2)n1. The van der Waals surface area contributed by atoms with Crippen LogP contribution in [0.4, 0.5) is 4.79 Å². The number of aromatic nitrogens is 2. The molecule has 0 bridgehead atoms. The number of hydrogen-bond acceptors (Lipinski definition) is 6. The fraction of sp³-hybridized carbons (Fsp3) is 0.571. The first-order valence-electron chi connectivity index (χ1n) is 7.30. The first-order valence-corrected chi connectivity index (χ1v) is 8.28. The maximum Gasteiger partial charge on any atom is 0.410 e. The van der Waals surface area contributed by atoms with Crippen molar-refractivity contribution in [1.29, 1.82) is 0 Å². The average molecular weight is 338 g/mol. The highest BCUT2D eigenvalue weighted by molar-refractivity contribution is 7.99. The number of carbonyl (C=O) groups is 2. The number of likely N-dealkylation sites (tertiary alicyclic amines) is 1. The Hall–Kier alpha value is -2.03. The van der Waals surface area contributed by atoms with Gasteiger partial charge in [-0.25, -0.2) is 9.78 Å². The molecule has 23 heavy (non-hydrogen) atoms. The molecule has 1 N–H and O–H groups in total. The Morgan fingerprint density at radius 2 is 2.26 bits per heavy atom. The molecule has 0 aromatic carbocycles. The molecule has 2 aliphatic rings. The minimum absolute atomic E-state index is 0.0540. The summed E-state index contributed by atoms with van der Waals surface area (Å²) in [6, 6.07) is 1.40. The second kappa shape index (κ2) is 5.88. The van der Waals surface area contributed by atoms with Gasteiger partial charge in [0.15, 0.2) is 10.8 Å². The summed E-state index contributed by atoms with van der Waals surface area (Å²) in [6.45, 7) is 3.23. The minimum atomic E-state index is -0.567. The fourth-order valence-corrected chi connectivity index (χ4v) is 3.73. The second-order valence-corrected chi connectivity index (χ2v) is 6.92. The molecular weight excluding hydrogens is 320 g/mol. The van der Waals surface area contributed by atoms with Crippen LogP contribution >= 0.6 is 11.8 Å². The maximum absolute atomic E-state index is 12.3. The van der Waals surface area contributed by atoms with E-state index in [9.17, 15) is 14.4 Å². The number of H-pyrrole nitrogens is 1. The maximum atomic E-state index is 12.3. The van der Waals surface area contributed by atoms with E-state index in [2.05, 4.69) is 9.97 Å². The molecule has 0 aliphatic carbocycles. The number of likely N-dealkylation sites (N-methyl/N-ethyl adjacent to an activating group) is 1. The normalized spacial score (nSPS) is 23.7. The van der Waals surface area contributed by atoms with Gasteiger partial charge in [0.05, 0.1) is 18.8 Å². The molecule has 1 aromatic heterocycles. The molecule has 2 saturated heterocycles. The lowest BCUT2D eigenvalue weighted by atomic mass is 10.0. The summed E-state index contributed by atoms with van der Waals surface area (Å²) in [6.07, 6.45) is 0.314. The Morgan fingerprint density at radius 1 is 1.48 bits per heavy atom. The second-order valence-electron chi connectivity index (χ2n) is 5.95. The van der Waals surface area contributed by atoms with Crippen LogP contribution in [0.25, 0.3) is 0 Å². The van der Waals surface area contributed by atoms with Gasteiger partial charge in [0.1, 0.15) is 0 Å². The fourth-order valence-electron chi connectivity index (χ4n) is 2.90. The van der Waals surface area contributed by atoms with E-state index >= 15 is 0 Å². The molecule has 1 aromatic rings. The highest BCUT2D eigenvalue weighted by Crippen LogP contribution is 2.32. The van der Waals surface area contributed by atoms with E-state index in [0.29, 0.717) is 36.9 Å². The number of ether oxygens (including phenoxy) is 1. The molecule has 2 fully saturated rings. The van der Waals surface area contributed by atoms with Crippen LogP contribution in [0.5, 0.6) is 0 Å². The molecule has 8 nitrogen and oxygen atoms in total. The van der Waals surface area contributed by atoms with E-state index in [0.717, 1.165) is 0 Å². The number of aromatic amines is 1. The lowest BCUT2D eigenvalue weighted by molar-refractivity contribution is -0.128. The minimum Gasteiger partial charge on any atom is -0.439 e. The molecule has 3 rings (SSSR count). The summed E-state index contributed by atoms with van der Waals surface area (Å²) < 4.78 is 5.42. The van der Waals surface area contributed by atoms with Crippen LogP contribution in [0.15, 0.2) is 16.0 Å². The Bertz CT molecular complexity index is 706. The monoisotopic (exact) mass is 338 g/mol. The molecule has 0 radical (unpaired) electrons. The molecule has 2 amide bonds. The standard InChI is InChI=1S/C14H18N4O4S/c1-9-5-10(19)16-12(15-9)23-6-11(20)18-4-3-14(8-18)7-17(2)13(21)22-14/h5H,3-4,6-8H2,1-2H3,(H,15,16,19). The van der Waals surface area contributed by atoms with Gasteiger partial charge in [0.2, 0.25) is 5.91 Å². The number of aryl methyl sites for hydroxylation is 1. The number of carbonyl (C=O) groups excluding carboxylic acids is 2. The zero-order valence-electron chi connectivity index (χ0n) is 13.0. The van der Waals surface area contributed by atoms with E-state index in [-0.39, 0.29) is 23.3 Å². The van der Waals surface area contributed by atoms with Crippen molar-refractivity contribution >= 4 is 23.8 Å². The molecule has 2 aliphatic heterocycles. The smallest absolute Gasteiger partial charge is 0.410 e. The van der Waals surface area contributed by atoms with Crippen LogP contribution in [0.2, 0.25) is 0 Å². The highest BCUT2D eigenvalue weighted by atomic mass is 32.2. The van der Waals surface area contributed by atoms with Gasteiger partial charge in [-0.3, -0.25) is 9.59 Å². The van der Waals surface area contributed by atoms with Gasteiger partial charge in [0.25, 0.3) is 5.56 Å². The Morgan fingerprint density at radius 3 is 2.91 bits per heavy atom. The zero-order chi connectivity index (χ0) is 16.6. The molecule has 1 spiro atoms. The van der Waals surface area contributed by atoms with Gasteiger partial charge < -0.3 is 19.5 Å². The van der Waals surface area contributed by atoms with Gasteiger partial charge in [0, 0.05) is 31.8 Å². The van der Waals surface area contributed by atoms with Crippen molar-refractivity contribution in [3.05, 3.63) is 22.1 Å². The lowest BCUT2D eigenvalue weighted by Crippen LogP contribution is -2.39. The van der Waals surface area contributed by atoms with E-state index in [1.54, 1.807) is 18.9 Å². The van der Waals surface area contributed by atoms with Crippen LogP contribution in [0, 0.1) is 6.92 Å². The number of rotatable bonds is 3. The van der Waals surface area contributed by atoms with Crippen molar-refractivity contribution in [3.63, 3.8) is 0 Å². The van der Waals surface area contributed by atoms with Crippen molar-refractivity contribution in [2.24, 2.45) is 0 Å². The molecule has 1 unspecified atom stereocenters. The van der Waals surface area contributed by atoms with Crippen molar-refractivity contribution in [3.8, 4) is 0 Å². The van der Waals surface area contributed by atoms with Gasteiger partial charge >= 0.3 is 6.09 Å². The molecular formula is C14H18N4O4S. The summed E-state index contributed by atoms with van der Waals surface area (Å²) in [5, 5.41) is 0.435. The number of nitrogens with one attached hydrogen (secondary N) is 1. The third kappa shape index (κ3) is 3.34. The van der Waals surface area contributed by atoms with Crippen molar-refractivity contribution in [2.75, 3.05) is 32.4 Å². The summed E-state index contributed by atoms with van der Waals surface area (Å²) in [7, 11) is 1.69. The predicted octanol–water partition coefficient (Wildman–Crippen LogP) is 0.224. The number of amides is 2. The van der Waals surface area contributed by atoms with Crippen LogP contribution in [-0.4, -0.2) is 69.8 Å². The van der Waals surface area contributed by atoms with Crippen molar-refractivity contribution in [2.45, 2.75) is 24.1 Å².